The van der Waals surface area contributed by atoms with Gasteiger partial charge in [-0.25, -0.2) is 4.79 Å². The van der Waals surface area contributed by atoms with Crippen molar-refractivity contribution >= 4 is 27.6 Å². The molecule has 0 fully saturated rings. The Bertz CT molecular complexity index is 788. The van der Waals surface area contributed by atoms with E-state index in [-0.39, 0.29) is 6.03 Å². The van der Waals surface area contributed by atoms with Crippen LogP contribution in [0.2, 0.25) is 0 Å². The molecule has 0 spiro atoms. The number of rotatable bonds is 8. The summed E-state index contributed by atoms with van der Waals surface area (Å²) in [6, 6.07) is 9.84. The fourth-order valence-electron chi connectivity index (χ4n) is 2.00. The van der Waals surface area contributed by atoms with Gasteiger partial charge in [0.2, 0.25) is 0 Å². The highest BCUT2D eigenvalue weighted by atomic mass is 32.2. The van der Waals surface area contributed by atoms with Crippen molar-refractivity contribution in [1.82, 2.24) is 9.62 Å². The summed E-state index contributed by atoms with van der Waals surface area (Å²) in [7, 11) is -0.727. The van der Waals surface area contributed by atoms with Crippen LogP contribution in [0, 0.1) is 0 Å². The van der Waals surface area contributed by atoms with Gasteiger partial charge in [-0.05, 0) is 36.8 Å². The lowest BCUT2D eigenvalue weighted by atomic mass is 10.2. The zero-order valence-electron chi connectivity index (χ0n) is 14.2. The van der Waals surface area contributed by atoms with Crippen LogP contribution in [0.3, 0.4) is 0 Å². The average molecular weight is 366 g/mol. The molecule has 0 aliphatic rings. The van der Waals surface area contributed by atoms with Crippen molar-refractivity contribution in [2.45, 2.75) is 12.8 Å². The number of urea groups is 1. The fourth-order valence-corrected chi connectivity index (χ4v) is 2.60. The molecule has 0 atom stereocenters. The lowest BCUT2D eigenvalue weighted by Crippen LogP contribution is -2.30. The number of nitrogens with zero attached hydrogens (tertiary/aromatic N) is 1. The summed E-state index contributed by atoms with van der Waals surface area (Å²) in [6.45, 7) is 0.499. The molecule has 2 amide bonds. The van der Waals surface area contributed by atoms with Gasteiger partial charge in [0, 0.05) is 32.7 Å². The fraction of sp³-hybridized carbons (Fsp3) is 0.312. The summed E-state index contributed by atoms with van der Waals surface area (Å²) in [5.41, 5.74) is 0.854. The SMILES string of the molecule is CN(C)S(=O)(=O)Nc1cccc(NC(=O)NCCCc2ccco2)c1. The van der Waals surface area contributed by atoms with Gasteiger partial charge in [-0.3, -0.25) is 4.72 Å². The molecule has 3 N–H and O–H groups in total. The number of carbonyl (C=O) groups excluding carboxylic acids is 1. The maximum atomic E-state index is 11.9. The van der Waals surface area contributed by atoms with Crippen molar-refractivity contribution in [3.8, 4) is 0 Å². The van der Waals surface area contributed by atoms with Crippen molar-refractivity contribution in [2.24, 2.45) is 0 Å². The molecular formula is C16H22N4O4S. The molecule has 1 aromatic heterocycles. The Balaban J connectivity index is 1.81. The Kier molecular flexibility index (Phi) is 6.43. The summed E-state index contributed by atoms with van der Waals surface area (Å²) >= 11 is 0. The minimum atomic E-state index is -3.59. The monoisotopic (exact) mass is 366 g/mol. The lowest BCUT2D eigenvalue weighted by Gasteiger charge is -2.14. The van der Waals surface area contributed by atoms with E-state index in [0.29, 0.717) is 17.9 Å². The van der Waals surface area contributed by atoms with Gasteiger partial charge < -0.3 is 15.1 Å². The standard InChI is InChI=1S/C16H22N4O4S/c1-20(2)25(22,23)19-14-7-3-6-13(12-14)18-16(21)17-10-4-8-15-9-5-11-24-15/h3,5-7,9,11-12,19H,4,8,10H2,1-2H3,(H2,17,18,21). The zero-order chi connectivity index (χ0) is 18.3. The summed E-state index contributed by atoms with van der Waals surface area (Å²) in [5, 5.41) is 5.41. The molecular weight excluding hydrogens is 344 g/mol. The van der Waals surface area contributed by atoms with E-state index in [1.165, 1.54) is 14.1 Å². The molecule has 0 bridgehead atoms. The van der Waals surface area contributed by atoms with Gasteiger partial charge in [-0.2, -0.15) is 12.7 Å². The predicted octanol–water partition coefficient (Wildman–Crippen LogP) is 2.25. The topological polar surface area (TPSA) is 104 Å². The number of hydrogen-bond acceptors (Lipinski definition) is 4. The first-order valence-corrected chi connectivity index (χ1v) is 9.18. The summed E-state index contributed by atoms with van der Waals surface area (Å²) in [6.07, 6.45) is 3.12. The van der Waals surface area contributed by atoms with Crippen LogP contribution in [0.25, 0.3) is 0 Å². The molecule has 1 heterocycles. The molecule has 2 aromatic rings. The van der Waals surface area contributed by atoms with Crippen molar-refractivity contribution in [3.63, 3.8) is 0 Å². The van der Waals surface area contributed by atoms with E-state index in [4.69, 9.17) is 4.42 Å². The van der Waals surface area contributed by atoms with E-state index in [1.807, 2.05) is 12.1 Å². The molecule has 25 heavy (non-hydrogen) atoms. The molecule has 0 unspecified atom stereocenters. The first kappa shape index (κ1) is 18.8. The van der Waals surface area contributed by atoms with Crippen LogP contribution in [0.15, 0.2) is 47.1 Å². The highest BCUT2D eigenvalue weighted by Gasteiger charge is 2.13. The second-order valence-electron chi connectivity index (χ2n) is 5.53. The molecule has 8 nitrogen and oxygen atoms in total. The van der Waals surface area contributed by atoms with Crippen molar-refractivity contribution in [3.05, 3.63) is 48.4 Å². The highest BCUT2D eigenvalue weighted by Crippen LogP contribution is 2.16. The number of amides is 2. The summed E-state index contributed by atoms with van der Waals surface area (Å²) in [5.74, 6) is 0.878. The third kappa shape index (κ3) is 6.12. The quantitative estimate of drug-likeness (QED) is 0.623. The smallest absolute Gasteiger partial charge is 0.319 e. The summed E-state index contributed by atoms with van der Waals surface area (Å²) < 4.78 is 32.3. The third-order valence-corrected chi connectivity index (χ3v) is 4.77. The van der Waals surface area contributed by atoms with Gasteiger partial charge in [0.1, 0.15) is 5.76 Å². The van der Waals surface area contributed by atoms with Crippen LogP contribution < -0.4 is 15.4 Å². The third-order valence-electron chi connectivity index (χ3n) is 3.31. The second kappa shape index (κ2) is 8.54. The van der Waals surface area contributed by atoms with Gasteiger partial charge in [-0.1, -0.05) is 6.07 Å². The molecule has 0 saturated heterocycles. The molecule has 1 aromatic carbocycles. The van der Waals surface area contributed by atoms with E-state index >= 15 is 0 Å². The van der Waals surface area contributed by atoms with E-state index in [2.05, 4.69) is 15.4 Å². The summed E-state index contributed by atoms with van der Waals surface area (Å²) in [4.78, 5) is 11.9. The van der Waals surface area contributed by atoms with Crippen molar-refractivity contribution in [1.29, 1.82) is 0 Å². The van der Waals surface area contributed by atoms with Crippen molar-refractivity contribution in [2.75, 3.05) is 30.7 Å². The number of benzene rings is 1. The zero-order valence-corrected chi connectivity index (χ0v) is 15.0. The van der Waals surface area contributed by atoms with Gasteiger partial charge in [0.15, 0.2) is 0 Å². The average Bonchev–Trinajstić information content (AvgIpc) is 3.04. The molecule has 136 valence electrons. The number of furan rings is 1. The molecule has 0 saturated carbocycles. The maximum Gasteiger partial charge on any atom is 0.319 e. The van der Waals surface area contributed by atoms with Gasteiger partial charge in [-0.15, -0.1) is 0 Å². The van der Waals surface area contributed by atoms with E-state index in [9.17, 15) is 13.2 Å². The Hall–Kier alpha value is -2.52. The van der Waals surface area contributed by atoms with Crippen LogP contribution in [-0.4, -0.2) is 39.4 Å². The Morgan fingerprint density at radius 1 is 1.16 bits per heavy atom. The number of nitrogens with one attached hydrogen (secondary N) is 3. The molecule has 0 aliphatic heterocycles. The molecule has 0 radical (unpaired) electrons. The van der Waals surface area contributed by atoms with Crippen LogP contribution in [-0.2, 0) is 16.6 Å². The first-order chi connectivity index (χ1) is 11.9. The minimum Gasteiger partial charge on any atom is -0.469 e. The minimum absolute atomic E-state index is 0.355. The second-order valence-corrected chi connectivity index (χ2v) is 7.42. The normalized spacial score (nSPS) is 11.3. The van der Waals surface area contributed by atoms with Gasteiger partial charge >= 0.3 is 16.2 Å². The van der Waals surface area contributed by atoms with E-state index in [1.54, 1.807) is 30.5 Å². The lowest BCUT2D eigenvalue weighted by molar-refractivity contribution is 0.252. The first-order valence-electron chi connectivity index (χ1n) is 7.74. The maximum absolute atomic E-state index is 11.9. The van der Waals surface area contributed by atoms with Crippen LogP contribution >= 0.6 is 0 Å². The Labute approximate surface area is 147 Å². The predicted molar refractivity (Wildman–Crippen MR) is 96.7 cm³/mol. The Morgan fingerprint density at radius 3 is 2.60 bits per heavy atom. The van der Waals surface area contributed by atoms with Crippen LogP contribution in [0.5, 0.6) is 0 Å². The van der Waals surface area contributed by atoms with Crippen LogP contribution in [0.4, 0.5) is 16.2 Å². The van der Waals surface area contributed by atoms with Crippen molar-refractivity contribution < 1.29 is 17.6 Å². The number of anilines is 2. The molecule has 2 rings (SSSR count). The molecule has 9 heteroatoms. The highest BCUT2D eigenvalue weighted by molar-refractivity contribution is 7.90. The molecule has 0 aliphatic carbocycles. The van der Waals surface area contributed by atoms with E-state index in [0.717, 1.165) is 22.9 Å². The number of hydrogen-bond donors (Lipinski definition) is 3. The Morgan fingerprint density at radius 2 is 1.92 bits per heavy atom. The number of aryl methyl sites for hydroxylation is 1. The van der Waals surface area contributed by atoms with Gasteiger partial charge in [0.25, 0.3) is 0 Å². The van der Waals surface area contributed by atoms with E-state index < -0.39 is 10.2 Å². The van der Waals surface area contributed by atoms with Crippen LogP contribution in [0.1, 0.15) is 12.2 Å². The largest absolute Gasteiger partial charge is 0.469 e. The van der Waals surface area contributed by atoms with Gasteiger partial charge in [0.05, 0.1) is 12.0 Å². The number of carbonyl (C=O) groups is 1.